The molecule has 1 aliphatic heterocycles. The number of rotatable bonds is 0. The van der Waals surface area contributed by atoms with Crippen LogP contribution in [0.3, 0.4) is 0 Å². The van der Waals surface area contributed by atoms with E-state index < -0.39 is 17.6 Å². The zero-order valence-corrected chi connectivity index (χ0v) is 7.97. The molecule has 0 amide bonds. The summed E-state index contributed by atoms with van der Waals surface area (Å²) in [4.78, 5) is 6.39. The van der Waals surface area contributed by atoms with E-state index in [1.165, 1.54) is 0 Å². The van der Waals surface area contributed by atoms with E-state index >= 15 is 0 Å². The summed E-state index contributed by atoms with van der Waals surface area (Å²) in [6.07, 6.45) is 0. The molecular weight excluding hydrogens is 220 g/mol. The molecule has 0 atom stereocenters. The monoisotopic (exact) mass is 235 g/mol. The van der Waals surface area contributed by atoms with Crippen molar-refractivity contribution >= 4 is 17.6 Å². The average molecular weight is 233 g/mol. The number of hydrogen-bond acceptors (Lipinski definition) is 2. The van der Waals surface area contributed by atoms with Gasteiger partial charge in [-0.05, 0) is 0 Å². The molecule has 1 aliphatic rings. The normalized spacial score (nSPS) is 38.1. The Morgan fingerprint density at radius 3 is 1.50 bits per heavy atom. The second-order valence-corrected chi connectivity index (χ2v) is 17.4. The van der Waals surface area contributed by atoms with Gasteiger partial charge in [-0.15, -0.1) is 0 Å². The van der Waals surface area contributed by atoms with Gasteiger partial charge in [-0.1, -0.05) is 0 Å². The Balaban J connectivity index is 2.67. The van der Waals surface area contributed by atoms with Crippen molar-refractivity contribution in [3.63, 3.8) is 0 Å². The molecule has 8 heavy (non-hydrogen) atoms. The molecule has 1 heterocycles. The van der Waals surface area contributed by atoms with E-state index in [-0.39, 0.29) is 0 Å². The van der Waals surface area contributed by atoms with Gasteiger partial charge < -0.3 is 0 Å². The van der Waals surface area contributed by atoms with Crippen LogP contribution in [0.25, 0.3) is 0 Å². The Morgan fingerprint density at radius 2 is 1.38 bits per heavy atom. The fourth-order valence-electron chi connectivity index (χ4n) is 0.670. The molecule has 2 nitrogen and oxygen atoms in total. The van der Waals surface area contributed by atoms with E-state index in [1.807, 2.05) is 0 Å². The van der Waals surface area contributed by atoms with Crippen LogP contribution in [0, 0.1) is 0 Å². The van der Waals surface area contributed by atoms with Crippen molar-refractivity contribution in [1.82, 2.24) is 0 Å². The molecule has 0 bridgehead atoms. The van der Waals surface area contributed by atoms with E-state index in [4.69, 9.17) is 6.20 Å². The zero-order valence-electron chi connectivity index (χ0n) is 5.64. The van der Waals surface area contributed by atoms with E-state index in [1.54, 1.807) is 0 Å². The Kier molecular flexibility index (Phi) is 1.37. The van der Waals surface area contributed by atoms with Gasteiger partial charge >= 0.3 is 52.0 Å². The van der Waals surface area contributed by atoms with Crippen molar-refractivity contribution in [1.29, 1.82) is 0 Å². The molecule has 0 saturated carbocycles. The van der Waals surface area contributed by atoms with Crippen LogP contribution in [0.4, 0.5) is 0 Å². The Labute approximate surface area is 52.2 Å². The summed E-state index contributed by atoms with van der Waals surface area (Å²) in [6, 6.07) is 0. The first kappa shape index (κ1) is 6.82. The summed E-state index contributed by atoms with van der Waals surface area (Å²) in [7, 11) is 0. The fourth-order valence-corrected chi connectivity index (χ4v) is 4.50. The van der Waals surface area contributed by atoms with Crippen molar-refractivity contribution in [2.24, 2.45) is 0 Å². The molecule has 1 rings (SSSR count). The third-order valence-electron chi connectivity index (χ3n) is 1.05. The standard InChI is InChI=1S/C5H13O2Te/c1-8(2,3)6-4-5-7-8/h4-5H2,1-3H3. The van der Waals surface area contributed by atoms with Crippen LogP contribution in [0.5, 0.6) is 0 Å². The van der Waals surface area contributed by atoms with Gasteiger partial charge in [-0.2, -0.15) is 0 Å². The van der Waals surface area contributed by atoms with Gasteiger partial charge in [0.05, 0.1) is 0 Å². The summed E-state index contributed by atoms with van der Waals surface area (Å²) >= 11 is -2.61. The Hall–Kier alpha value is 0.710. The SMILES string of the molecule is C[Te]1(C)(C)OCCO1. The molecule has 0 N–H and O–H groups in total. The topological polar surface area (TPSA) is 18.5 Å². The van der Waals surface area contributed by atoms with Gasteiger partial charge in [0, 0.05) is 0 Å². The van der Waals surface area contributed by atoms with Crippen LogP contribution >= 0.6 is 0 Å². The van der Waals surface area contributed by atoms with Gasteiger partial charge in [0.15, 0.2) is 0 Å². The van der Waals surface area contributed by atoms with Crippen molar-refractivity contribution in [3.8, 4) is 0 Å². The van der Waals surface area contributed by atoms with Crippen LogP contribution in [-0.2, 0) is 6.20 Å². The van der Waals surface area contributed by atoms with Crippen molar-refractivity contribution in [2.45, 2.75) is 14.9 Å². The predicted molar refractivity (Wildman–Crippen MR) is 35.2 cm³/mol. The molecule has 0 spiro atoms. The second-order valence-electron chi connectivity index (χ2n) is 2.94. The van der Waals surface area contributed by atoms with Crippen molar-refractivity contribution in [3.05, 3.63) is 0 Å². The van der Waals surface area contributed by atoms with Crippen LogP contribution in [0.2, 0.25) is 14.9 Å². The van der Waals surface area contributed by atoms with E-state index in [0.29, 0.717) is 0 Å². The quantitative estimate of drug-likeness (QED) is 0.587. The first-order chi connectivity index (χ1) is 3.47. The van der Waals surface area contributed by atoms with Gasteiger partial charge in [-0.3, -0.25) is 0 Å². The van der Waals surface area contributed by atoms with Crippen LogP contribution < -0.4 is 0 Å². The van der Waals surface area contributed by atoms with E-state index in [2.05, 4.69) is 14.9 Å². The average Bonchev–Trinajstić information content (AvgIpc) is 1.81. The van der Waals surface area contributed by atoms with E-state index in [0.717, 1.165) is 13.2 Å². The van der Waals surface area contributed by atoms with Crippen LogP contribution in [0.1, 0.15) is 0 Å². The first-order valence-electron chi connectivity index (χ1n) is 2.64. The third-order valence-corrected chi connectivity index (χ3v) is 6.59. The fraction of sp³-hybridized carbons (Fsp3) is 1.00. The van der Waals surface area contributed by atoms with Crippen molar-refractivity contribution in [2.75, 3.05) is 13.2 Å². The molecule has 1 radical (unpaired) electrons. The van der Waals surface area contributed by atoms with Gasteiger partial charge in [0.25, 0.3) is 0 Å². The Morgan fingerprint density at radius 1 is 1.00 bits per heavy atom. The minimum atomic E-state index is -2.61. The van der Waals surface area contributed by atoms with Crippen LogP contribution in [0.15, 0.2) is 0 Å². The maximum absolute atomic E-state index is 5.50. The third kappa shape index (κ3) is 1.60. The molecule has 0 aliphatic carbocycles. The molecule has 0 aromatic rings. The van der Waals surface area contributed by atoms with Gasteiger partial charge in [-0.25, -0.2) is 0 Å². The van der Waals surface area contributed by atoms with Crippen LogP contribution in [-0.4, -0.2) is 30.8 Å². The molecule has 0 aromatic heterocycles. The summed E-state index contributed by atoms with van der Waals surface area (Å²) in [5.41, 5.74) is 0. The molecule has 0 aromatic carbocycles. The number of hydrogen-bond donors (Lipinski definition) is 0. The van der Waals surface area contributed by atoms with Crippen molar-refractivity contribution < 1.29 is 6.20 Å². The molecule has 1 fully saturated rings. The molecule has 51 valence electrons. The zero-order chi connectivity index (χ0) is 6.28. The molecule has 1 saturated heterocycles. The molecular formula is C5H13O2Te. The Bertz CT molecular complexity index is 92.7. The summed E-state index contributed by atoms with van der Waals surface area (Å²) < 4.78 is 11.0. The van der Waals surface area contributed by atoms with Gasteiger partial charge in [0.2, 0.25) is 0 Å². The first-order valence-corrected chi connectivity index (χ1v) is 11.5. The summed E-state index contributed by atoms with van der Waals surface area (Å²) in [5, 5.41) is 0. The summed E-state index contributed by atoms with van der Waals surface area (Å²) in [5.74, 6) is 0. The molecule has 0 unspecified atom stereocenters. The second kappa shape index (κ2) is 1.60. The predicted octanol–water partition coefficient (Wildman–Crippen LogP) is 1.32. The van der Waals surface area contributed by atoms with Gasteiger partial charge in [0.1, 0.15) is 0 Å². The van der Waals surface area contributed by atoms with E-state index in [9.17, 15) is 0 Å². The summed E-state index contributed by atoms with van der Waals surface area (Å²) in [6.45, 7) is 1.61. The minimum absolute atomic E-state index is 0.807. The maximum atomic E-state index is 5.50. The molecule has 3 heteroatoms.